The van der Waals surface area contributed by atoms with Crippen molar-refractivity contribution >= 4 is 27.5 Å². The molecule has 0 atom stereocenters. The first-order valence-electron chi connectivity index (χ1n) is 5.18. The maximum Gasteiger partial charge on any atom is 0.230 e. The van der Waals surface area contributed by atoms with Crippen molar-refractivity contribution in [2.75, 3.05) is 5.32 Å². The fourth-order valence-electron chi connectivity index (χ4n) is 1.52. The molecule has 0 bridgehead atoms. The fourth-order valence-corrected chi connectivity index (χ4v) is 1.99. The molecule has 0 radical (unpaired) electrons. The van der Waals surface area contributed by atoms with Gasteiger partial charge in [-0.05, 0) is 30.7 Å². The van der Waals surface area contributed by atoms with Crippen LogP contribution in [0.5, 0.6) is 0 Å². The third-order valence-corrected chi connectivity index (χ3v) is 2.86. The molecule has 5 heteroatoms. The number of anilines is 1. The molecule has 17 heavy (non-hydrogen) atoms. The predicted octanol–water partition coefficient (Wildman–Crippen LogP) is 2.66. The van der Waals surface area contributed by atoms with Crippen LogP contribution in [0.2, 0.25) is 0 Å². The largest absolute Gasteiger partial charge is 0.348 e. The number of benzene rings is 1. The Morgan fingerprint density at radius 3 is 3.00 bits per heavy atom. The van der Waals surface area contributed by atoms with Gasteiger partial charge in [0.05, 0.1) is 12.7 Å². The number of carbonyl (C=O) groups excluding carboxylic acids is 1. The minimum Gasteiger partial charge on any atom is -0.348 e. The maximum absolute atomic E-state index is 11.7. The van der Waals surface area contributed by atoms with Crippen LogP contribution in [0.25, 0.3) is 0 Å². The van der Waals surface area contributed by atoms with Crippen molar-refractivity contribution < 1.29 is 4.79 Å². The molecule has 2 rings (SSSR count). The molecule has 1 amide bonds. The van der Waals surface area contributed by atoms with Crippen molar-refractivity contribution in [2.45, 2.75) is 13.3 Å². The number of hydrogen-bond acceptors (Lipinski definition) is 2. The van der Waals surface area contributed by atoms with E-state index in [9.17, 15) is 4.79 Å². The van der Waals surface area contributed by atoms with Gasteiger partial charge in [-0.1, -0.05) is 15.9 Å². The maximum atomic E-state index is 11.7. The summed E-state index contributed by atoms with van der Waals surface area (Å²) in [4.78, 5) is 18.5. The zero-order valence-corrected chi connectivity index (χ0v) is 10.9. The van der Waals surface area contributed by atoms with E-state index < -0.39 is 0 Å². The van der Waals surface area contributed by atoms with Gasteiger partial charge in [-0.15, -0.1) is 0 Å². The molecule has 0 saturated carbocycles. The first-order valence-corrected chi connectivity index (χ1v) is 5.97. The van der Waals surface area contributed by atoms with Crippen LogP contribution in [-0.4, -0.2) is 15.9 Å². The Labute approximate surface area is 108 Å². The van der Waals surface area contributed by atoms with Gasteiger partial charge in [0.25, 0.3) is 0 Å². The Hall–Kier alpha value is -1.62. The van der Waals surface area contributed by atoms with Crippen molar-refractivity contribution in [1.82, 2.24) is 9.97 Å². The standard InChI is InChI=1S/C12H12BrN3O/c1-8-4-9(13)2-3-11(8)16-12(17)5-10-6-14-7-15-10/h2-4,6-7H,5H2,1H3,(H,14,15)(H,16,17). The first-order chi connectivity index (χ1) is 8.15. The van der Waals surface area contributed by atoms with Crippen molar-refractivity contribution in [1.29, 1.82) is 0 Å². The third kappa shape index (κ3) is 3.17. The van der Waals surface area contributed by atoms with Gasteiger partial charge in [-0.3, -0.25) is 4.79 Å². The molecule has 1 heterocycles. The SMILES string of the molecule is Cc1cc(Br)ccc1NC(=O)Cc1cnc[nH]1. The Bertz CT molecular complexity index is 523. The number of aromatic nitrogens is 2. The summed E-state index contributed by atoms with van der Waals surface area (Å²) < 4.78 is 1.00. The lowest BCUT2D eigenvalue weighted by Crippen LogP contribution is -2.15. The lowest BCUT2D eigenvalue weighted by Gasteiger charge is -2.08. The van der Waals surface area contributed by atoms with E-state index in [2.05, 4.69) is 31.2 Å². The number of aromatic amines is 1. The van der Waals surface area contributed by atoms with Gasteiger partial charge in [-0.2, -0.15) is 0 Å². The van der Waals surface area contributed by atoms with E-state index >= 15 is 0 Å². The Balaban J connectivity index is 2.03. The average Bonchev–Trinajstić information content (AvgIpc) is 2.75. The van der Waals surface area contributed by atoms with Gasteiger partial charge in [0.1, 0.15) is 0 Å². The van der Waals surface area contributed by atoms with Crippen molar-refractivity contribution in [3.05, 3.63) is 46.5 Å². The van der Waals surface area contributed by atoms with Crippen LogP contribution >= 0.6 is 15.9 Å². The number of carbonyl (C=O) groups is 1. The second-order valence-electron chi connectivity index (χ2n) is 3.76. The molecule has 2 N–H and O–H groups in total. The average molecular weight is 294 g/mol. The summed E-state index contributed by atoms with van der Waals surface area (Å²) in [6.45, 7) is 1.95. The minimum absolute atomic E-state index is 0.0559. The van der Waals surface area contributed by atoms with Crippen molar-refractivity contribution in [3.63, 3.8) is 0 Å². The van der Waals surface area contributed by atoms with Gasteiger partial charge in [-0.25, -0.2) is 4.98 Å². The molecule has 4 nitrogen and oxygen atoms in total. The van der Waals surface area contributed by atoms with E-state index in [4.69, 9.17) is 0 Å². The number of halogens is 1. The van der Waals surface area contributed by atoms with Crippen LogP contribution in [0.3, 0.4) is 0 Å². The summed E-state index contributed by atoms with van der Waals surface area (Å²) in [6.07, 6.45) is 3.51. The first kappa shape index (κ1) is 11.9. The van der Waals surface area contributed by atoms with Gasteiger partial charge in [0.15, 0.2) is 0 Å². The minimum atomic E-state index is -0.0559. The topological polar surface area (TPSA) is 57.8 Å². The zero-order chi connectivity index (χ0) is 12.3. The Morgan fingerprint density at radius 2 is 2.35 bits per heavy atom. The van der Waals surface area contributed by atoms with E-state index in [1.165, 1.54) is 0 Å². The highest BCUT2D eigenvalue weighted by Crippen LogP contribution is 2.20. The molecule has 0 aliphatic rings. The monoisotopic (exact) mass is 293 g/mol. The van der Waals surface area contributed by atoms with Gasteiger partial charge < -0.3 is 10.3 Å². The van der Waals surface area contributed by atoms with Crippen LogP contribution in [0.15, 0.2) is 35.2 Å². The summed E-state index contributed by atoms with van der Waals surface area (Å²) in [5.41, 5.74) is 2.66. The molecule has 0 spiro atoms. The number of imidazole rings is 1. The van der Waals surface area contributed by atoms with Crippen LogP contribution in [0, 0.1) is 6.92 Å². The molecule has 1 aromatic carbocycles. The smallest absolute Gasteiger partial charge is 0.230 e. The normalized spacial score (nSPS) is 10.2. The summed E-state index contributed by atoms with van der Waals surface area (Å²) in [5, 5.41) is 2.87. The summed E-state index contributed by atoms with van der Waals surface area (Å²) >= 11 is 3.39. The molecule has 0 aliphatic heterocycles. The molecular weight excluding hydrogens is 282 g/mol. The number of nitrogens with zero attached hydrogens (tertiary/aromatic N) is 1. The molecule has 0 unspecified atom stereocenters. The van der Waals surface area contributed by atoms with Crippen LogP contribution in [0.4, 0.5) is 5.69 Å². The Kier molecular flexibility index (Phi) is 3.58. The van der Waals surface area contributed by atoms with E-state index in [1.54, 1.807) is 12.5 Å². The second kappa shape index (κ2) is 5.14. The number of rotatable bonds is 3. The number of nitrogens with one attached hydrogen (secondary N) is 2. The van der Waals surface area contributed by atoms with Gasteiger partial charge >= 0.3 is 0 Å². The van der Waals surface area contributed by atoms with E-state index in [0.29, 0.717) is 6.42 Å². The molecule has 88 valence electrons. The highest BCUT2D eigenvalue weighted by Gasteiger charge is 2.06. The second-order valence-corrected chi connectivity index (χ2v) is 4.68. The van der Waals surface area contributed by atoms with E-state index in [0.717, 1.165) is 21.4 Å². The predicted molar refractivity (Wildman–Crippen MR) is 69.8 cm³/mol. The van der Waals surface area contributed by atoms with E-state index in [1.807, 2.05) is 25.1 Å². The van der Waals surface area contributed by atoms with Crippen LogP contribution in [0.1, 0.15) is 11.3 Å². The molecule has 0 fully saturated rings. The van der Waals surface area contributed by atoms with Crippen LogP contribution < -0.4 is 5.32 Å². The number of H-pyrrole nitrogens is 1. The van der Waals surface area contributed by atoms with E-state index in [-0.39, 0.29) is 5.91 Å². The lowest BCUT2D eigenvalue weighted by atomic mass is 10.2. The molecule has 2 aromatic rings. The molecular formula is C12H12BrN3O. The Morgan fingerprint density at radius 1 is 1.53 bits per heavy atom. The van der Waals surface area contributed by atoms with Gasteiger partial charge in [0.2, 0.25) is 5.91 Å². The van der Waals surface area contributed by atoms with Gasteiger partial charge in [0, 0.05) is 22.1 Å². The third-order valence-electron chi connectivity index (χ3n) is 2.37. The highest BCUT2D eigenvalue weighted by atomic mass is 79.9. The molecule has 0 saturated heterocycles. The lowest BCUT2D eigenvalue weighted by molar-refractivity contribution is -0.115. The summed E-state index contributed by atoms with van der Waals surface area (Å²) in [7, 11) is 0. The number of hydrogen-bond donors (Lipinski definition) is 2. The van der Waals surface area contributed by atoms with Crippen molar-refractivity contribution in [3.8, 4) is 0 Å². The highest BCUT2D eigenvalue weighted by molar-refractivity contribution is 9.10. The summed E-state index contributed by atoms with van der Waals surface area (Å²) in [6, 6.07) is 5.74. The van der Waals surface area contributed by atoms with Crippen molar-refractivity contribution in [2.24, 2.45) is 0 Å². The molecule has 1 aromatic heterocycles. The zero-order valence-electron chi connectivity index (χ0n) is 9.33. The van der Waals surface area contributed by atoms with Crippen LogP contribution in [-0.2, 0) is 11.2 Å². The fraction of sp³-hybridized carbons (Fsp3) is 0.167. The number of amides is 1. The summed E-state index contributed by atoms with van der Waals surface area (Å²) in [5.74, 6) is -0.0559. The quantitative estimate of drug-likeness (QED) is 0.914. The number of aryl methyl sites for hydroxylation is 1. The molecule has 0 aliphatic carbocycles.